The van der Waals surface area contributed by atoms with Gasteiger partial charge in [0, 0.05) is 11.3 Å². The summed E-state index contributed by atoms with van der Waals surface area (Å²) in [4.78, 5) is 26.9. The van der Waals surface area contributed by atoms with Crippen molar-refractivity contribution in [2.75, 3.05) is 4.90 Å². The van der Waals surface area contributed by atoms with Crippen molar-refractivity contribution in [3.63, 3.8) is 0 Å². The van der Waals surface area contributed by atoms with Crippen molar-refractivity contribution in [1.82, 2.24) is 0 Å². The highest BCUT2D eigenvalue weighted by Gasteiger charge is 2.53. The largest absolute Gasteiger partial charge is 0.291 e. The van der Waals surface area contributed by atoms with Gasteiger partial charge in [0.2, 0.25) is 4.87 Å². The van der Waals surface area contributed by atoms with E-state index < -0.39 is 16.6 Å². The summed E-state index contributed by atoms with van der Waals surface area (Å²) in [5.74, 6) is -0.863. The minimum Gasteiger partial charge on any atom is -0.291 e. The number of benzene rings is 3. The molecule has 0 fully saturated rings. The van der Waals surface area contributed by atoms with Crippen LogP contribution in [0.15, 0.2) is 96.6 Å². The maximum atomic E-state index is 13.7. The van der Waals surface area contributed by atoms with Crippen LogP contribution in [-0.4, -0.2) is 11.7 Å². The number of carbonyl (C=O) groups is 2. The standard InChI is InChI=1S/C24H18ClNO2/c1-17-21(18-11-5-2-6-12-18)26(20-15-9-4-10-16-20)23(28)24(25,22(17)27)19-13-7-3-8-14-19/h2-16H,1H3. The van der Waals surface area contributed by atoms with Crippen molar-refractivity contribution in [2.24, 2.45) is 0 Å². The van der Waals surface area contributed by atoms with Gasteiger partial charge in [-0.1, -0.05) is 90.5 Å². The second-order valence-electron chi connectivity index (χ2n) is 6.67. The third-order valence-corrected chi connectivity index (χ3v) is 5.51. The summed E-state index contributed by atoms with van der Waals surface area (Å²) < 4.78 is 0. The van der Waals surface area contributed by atoms with Crippen LogP contribution in [0.4, 0.5) is 5.69 Å². The molecule has 3 aromatic rings. The van der Waals surface area contributed by atoms with Gasteiger partial charge in [-0.3, -0.25) is 14.5 Å². The number of hydrogen-bond acceptors (Lipinski definition) is 2. The van der Waals surface area contributed by atoms with Crippen LogP contribution in [0.2, 0.25) is 0 Å². The molecule has 0 radical (unpaired) electrons. The van der Waals surface area contributed by atoms with Gasteiger partial charge in [0.15, 0.2) is 5.78 Å². The lowest BCUT2D eigenvalue weighted by molar-refractivity contribution is -0.129. The van der Waals surface area contributed by atoms with Gasteiger partial charge < -0.3 is 0 Å². The van der Waals surface area contributed by atoms with Crippen molar-refractivity contribution >= 4 is 34.7 Å². The molecule has 28 heavy (non-hydrogen) atoms. The second-order valence-corrected chi connectivity index (χ2v) is 7.24. The average molecular weight is 388 g/mol. The Balaban J connectivity index is 2.00. The average Bonchev–Trinajstić information content (AvgIpc) is 2.76. The van der Waals surface area contributed by atoms with Crippen molar-refractivity contribution in [3.05, 3.63) is 108 Å². The molecule has 0 bridgehead atoms. The SMILES string of the molecule is CC1=C(c2ccccc2)N(c2ccccc2)C(=O)C(Cl)(c2ccccc2)C1=O. The Morgan fingerprint density at radius 1 is 0.750 bits per heavy atom. The Morgan fingerprint density at radius 3 is 1.82 bits per heavy atom. The monoisotopic (exact) mass is 387 g/mol. The molecule has 1 heterocycles. The number of para-hydroxylation sites is 1. The first-order valence-corrected chi connectivity index (χ1v) is 9.38. The first-order valence-electron chi connectivity index (χ1n) is 9.00. The van der Waals surface area contributed by atoms with Crippen molar-refractivity contribution in [1.29, 1.82) is 0 Å². The zero-order valence-corrected chi connectivity index (χ0v) is 16.1. The Morgan fingerprint density at radius 2 is 1.25 bits per heavy atom. The van der Waals surface area contributed by atoms with Crippen LogP contribution >= 0.6 is 11.6 Å². The normalized spacial score (nSPS) is 19.9. The lowest BCUT2D eigenvalue weighted by atomic mass is 9.83. The van der Waals surface area contributed by atoms with Gasteiger partial charge in [0.1, 0.15) is 0 Å². The van der Waals surface area contributed by atoms with Crippen LogP contribution in [0.5, 0.6) is 0 Å². The molecule has 1 amide bonds. The molecule has 0 saturated carbocycles. The molecule has 1 atom stereocenters. The van der Waals surface area contributed by atoms with Crippen LogP contribution in [0, 0.1) is 0 Å². The number of ketones is 1. The fourth-order valence-electron chi connectivity index (χ4n) is 3.57. The Kier molecular flexibility index (Phi) is 4.62. The fraction of sp³-hybridized carbons (Fsp3) is 0.0833. The molecule has 3 aromatic carbocycles. The zero-order chi connectivity index (χ0) is 19.7. The summed E-state index contributed by atoms with van der Waals surface area (Å²) in [7, 11) is 0. The molecular formula is C24H18ClNO2. The number of anilines is 1. The summed E-state index contributed by atoms with van der Waals surface area (Å²) >= 11 is 6.82. The summed E-state index contributed by atoms with van der Waals surface area (Å²) in [5.41, 5.74) is 2.94. The van der Waals surface area contributed by atoms with E-state index in [9.17, 15) is 9.59 Å². The molecule has 138 valence electrons. The van der Waals surface area contributed by atoms with E-state index >= 15 is 0 Å². The molecule has 1 aliphatic rings. The Hall–Kier alpha value is -3.17. The minimum atomic E-state index is -1.79. The van der Waals surface area contributed by atoms with E-state index in [1.807, 2.05) is 66.7 Å². The quantitative estimate of drug-likeness (QED) is 0.459. The number of Topliss-reactive ketones (excluding diaryl/α,β-unsaturated/α-hetero) is 1. The van der Waals surface area contributed by atoms with E-state index in [0.29, 0.717) is 22.5 Å². The first kappa shape index (κ1) is 18.2. The van der Waals surface area contributed by atoms with Gasteiger partial charge in [-0.15, -0.1) is 0 Å². The minimum absolute atomic E-state index is 0.392. The highest BCUT2D eigenvalue weighted by atomic mass is 35.5. The Labute approximate surface area is 168 Å². The molecule has 3 nitrogen and oxygen atoms in total. The smallest absolute Gasteiger partial charge is 0.265 e. The molecule has 0 aliphatic carbocycles. The van der Waals surface area contributed by atoms with Gasteiger partial charge >= 0.3 is 0 Å². The third kappa shape index (κ3) is 2.76. The van der Waals surface area contributed by atoms with E-state index in [0.717, 1.165) is 5.56 Å². The molecule has 0 spiro atoms. The fourth-order valence-corrected chi connectivity index (χ4v) is 3.93. The van der Waals surface area contributed by atoms with Crippen LogP contribution in [-0.2, 0) is 14.5 Å². The van der Waals surface area contributed by atoms with Crippen molar-refractivity contribution in [3.8, 4) is 0 Å². The highest BCUT2D eigenvalue weighted by molar-refractivity contribution is 6.53. The van der Waals surface area contributed by atoms with Crippen LogP contribution in [0.1, 0.15) is 18.1 Å². The third-order valence-electron chi connectivity index (χ3n) is 4.96. The summed E-state index contributed by atoms with van der Waals surface area (Å²) in [6.45, 7) is 1.73. The van der Waals surface area contributed by atoms with Crippen molar-refractivity contribution < 1.29 is 9.59 Å². The zero-order valence-electron chi connectivity index (χ0n) is 15.3. The van der Waals surface area contributed by atoms with Crippen LogP contribution in [0.3, 0.4) is 0 Å². The number of hydrogen-bond donors (Lipinski definition) is 0. The summed E-state index contributed by atoms with van der Waals surface area (Å²) in [6, 6.07) is 27.5. The highest BCUT2D eigenvalue weighted by Crippen LogP contribution is 2.44. The van der Waals surface area contributed by atoms with Gasteiger partial charge in [0.25, 0.3) is 5.91 Å². The number of amides is 1. The lowest BCUT2D eigenvalue weighted by Crippen LogP contribution is -2.52. The summed E-state index contributed by atoms with van der Waals surface area (Å²) in [5, 5.41) is 0. The molecule has 4 rings (SSSR count). The predicted molar refractivity (Wildman–Crippen MR) is 112 cm³/mol. The van der Waals surface area contributed by atoms with Crippen LogP contribution in [0.25, 0.3) is 5.70 Å². The van der Waals surface area contributed by atoms with Crippen molar-refractivity contribution in [2.45, 2.75) is 11.8 Å². The first-order chi connectivity index (χ1) is 13.5. The van der Waals surface area contributed by atoms with E-state index in [2.05, 4.69) is 0 Å². The lowest BCUT2D eigenvalue weighted by Gasteiger charge is -2.39. The number of halogens is 1. The molecule has 0 aromatic heterocycles. The van der Waals surface area contributed by atoms with E-state index in [1.54, 1.807) is 36.1 Å². The number of nitrogens with zero attached hydrogens (tertiary/aromatic N) is 1. The summed E-state index contributed by atoms with van der Waals surface area (Å²) in [6.07, 6.45) is 0. The molecule has 4 heteroatoms. The number of allylic oxidation sites excluding steroid dienone is 1. The molecule has 0 N–H and O–H groups in total. The van der Waals surface area contributed by atoms with Gasteiger partial charge in [-0.05, 0) is 30.2 Å². The maximum Gasteiger partial charge on any atom is 0.265 e. The Bertz CT molecular complexity index is 1060. The van der Waals surface area contributed by atoms with Crippen LogP contribution < -0.4 is 4.90 Å². The van der Waals surface area contributed by atoms with E-state index in [4.69, 9.17) is 11.6 Å². The van der Waals surface area contributed by atoms with E-state index in [-0.39, 0.29) is 0 Å². The van der Waals surface area contributed by atoms with Gasteiger partial charge in [-0.25, -0.2) is 0 Å². The number of rotatable bonds is 3. The van der Waals surface area contributed by atoms with E-state index in [1.165, 1.54) is 0 Å². The van der Waals surface area contributed by atoms with Gasteiger partial charge in [0.05, 0.1) is 5.70 Å². The molecule has 1 aliphatic heterocycles. The predicted octanol–water partition coefficient (Wildman–Crippen LogP) is 5.17. The molecular weight excluding hydrogens is 370 g/mol. The molecule has 0 saturated heterocycles. The van der Waals surface area contributed by atoms with Gasteiger partial charge in [-0.2, -0.15) is 0 Å². The molecule has 1 unspecified atom stereocenters. The number of alkyl halides is 1. The topological polar surface area (TPSA) is 37.4 Å². The maximum absolute atomic E-state index is 13.7. The second kappa shape index (κ2) is 7.10. The number of carbonyl (C=O) groups excluding carboxylic acids is 2.